The molecule has 0 aliphatic carbocycles. The Morgan fingerprint density at radius 1 is 1.27 bits per heavy atom. The van der Waals surface area contributed by atoms with Crippen LogP contribution in [0.25, 0.3) is 4.85 Å². The first-order valence-electron chi connectivity index (χ1n) is 4.39. The molecule has 0 spiro atoms. The van der Waals surface area contributed by atoms with Crippen molar-refractivity contribution in [2.24, 2.45) is 0 Å². The molecule has 2 fully saturated rings. The van der Waals surface area contributed by atoms with E-state index in [9.17, 15) is 0 Å². The number of rotatable bonds is 0. The quantitative estimate of drug-likeness (QED) is 0.475. The summed E-state index contributed by atoms with van der Waals surface area (Å²) in [6.45, 7) is 6.98. The summed E-state index contributed by atoms with van der Waals surface area (Å²) in [7, 11) is 2.21. The predicted molar refractivity (Wildman–Crippen MR) is 44.2 cm³/mol. The molecule has 60 valence electrons. The third-order valence-corrected chi connectivity index (χ3v) is 3.26. The van der Waals surface area contributed by atoms with Gasteiger partial charge in [0.25, 0.3) is 0 Å². The molecule has 2 atom stereocenters. The molecular weight excluding hydrogens is 136 g/mol. The molecule has 0 radical (unpaired) electrons. The molecule has 2 nitrogen and oxygen atoms in total. The molecule has 2 aliphatic heterocycles. The number of hydrogen-bond acceptors (Lipinski definition) is 1. The topological polar surface area (TPSA) is 7.60 Å². The molecule has 2 unspecified atom stereocenters. The van der Waals surface area contributed by atoms with E-state index in [2.05, 4.69) is 16.8 Å². The molecule has 11 heavy (non-hydrogen) atoms. The largest absolute Gasteiger partial charge is 0.314 e. The van der Waals surface area contributed by atoms with E-state index < -0.39 is 0 Å². The maximum absolute atomic E-state index is 6.98. The van der Waals surface area contributed by atoms with E-state index in [4.69, 9.17) is 6.57 Å². The van der Waals surface area contributed by atoms with E-state index in [0.717, 1.165) is 24.9 Å². The zero-order chi connectivity index (χ0) is 7.84. The van der Waals surface area contributed by atoms with E-state index in [1.807, 2.05) is 0 Å². The number of piperidine rings is 1. The Labute approximate surface area is 68.0 Å². The Balaban J connectivity index is 2.09. The first-order chi connectivity index (χ1) is 5.31. The van der Waals surface area contributed by atoms with Gasteiger partial charge in [0.1, 0.15) is 0 Å². The van der Waals surface area contributed by atoms with Crippen molar-refractivity contribution in [3.05, 3.63) is 11.4 Å². The van der Waals surface area contributed by atoms with Gasteiger partial charge in [0.2, 0.25) is 6.04 Å². The number of nitrogens with zero attached hydrogens (tertiary/aromatic N) is 2. The highest BCUT2D eigenvalue weighted by Gasteiger charge is 2.40. The van der Waals surface area contributed by atoms with Gasteiger partial charge < -0.3 is 4.85 Å². The van der Waals surface area contributed by atoms with Crippen molar-refractivity contribution in [1.29, 1.82) is 0 Å². The lowest BCUT2D eigenvalue weighted by Crippen LogP contribution is -2.40. The molecule has 0 aromatic heterocycles. The van der Waals surface area contributed by atoms with Gasteiger partial charge in [-0.25, -0.2) is 6.57 Å². The van der Waals surface area contributed by atoms with Gasteiger partial charge in [-0.2, -0.15) is 0 Å². The minimum absolute atomic E-state index is 0.337. The number of fused-ring (bicyclic) bond motifs is 2. The lowest BCUT2D eigenvalue weighted by atomic mass is 9.99. The highest BCUT2D eigenvalue weighted by molar-refractivity contribution is 4.99. The van der Waals surface area contributed by atoms with Crippen LogP contribution < -0.4 is 0 Å². The summed E-state index contributed by atoms with van der Waals surface area (Å²) in [6.07, 6.45) is 4.90. The van der Waals surface area contributed by atoms with Gasteiger partial charge in [0.15, 0.2) is 0 Å². The maximum atomic E-state index is 6.98. The van der Waals surface area contributed by atoms with E-state index >= 15 is 0 Å². The zero-order valence-electron chi connectivity index (χ0n) is 6.95. The molecule has 0 aromatic rings. The van der Waals surface area contributed by atoms with Crippen LogP contribution in [0.1, 0.15) is 25.7 Å². The molecule has 2 aliphatic rings. The second-order valence-corrected chi connectivity index (χ2v) is 3.80. The molecule has 2 saturated heterocycles. The second-order valence-electron chi connectivity index (χ2n) is 3.80. The molecular formula is C9H14N2. The average molecular weight is 150 g/mol. The fourth-order valence-electron chi connectivity index (χ4n) is 2.49. The van der Waals surface area contributed by atoms with Crippen LogP contribution in [0, 0.1) is 6.57 Å². The Morgan fingerprint density at radius 2 is 1.82 bits per heavy atom. The van der Waals surface area contributed by atoms with Crippen molar-refractivity contribution < 1.29 is 0 Å². The van der Waals surface area contributed by atoms with Crippen LogP contribution in [0.3, 0.4) is 0 Å². The van der Waals surface area contributed by atoms with Crippen molar-refractivity contribution >= 4 is 0 Å². The SMILES string of the molecule is [C-]#[N+]C1CC2CCC(C1)N2C. The predicted octanol–water partition coefficient (Wildman–Crippen LogP) is 1.53. The van der Waals surface area contributed by atoms with Gasteiger partial charge in [0, 0.05) is 24.9 Å². The first-order valence-corrected chi connectivity index (χ1v) is 4.39. The summed E-state index contributed by atoms with van der Waals surface area (Å²) >= 11 is 0. The fraction of sp³-hybridized carbons (Fsp3) is 0.889. The highest BCUT2D eigenvalue weighted by Crippen LogP contribution is 2.35. The summed E-state index contributed by atoms with van der Waals surface area (Å²) in [5.74, 6) is 0. The molecule has 2 rings (SSSR count). The van der Waals surface area contributed by atoms with E-state index in [1.54, 1.807) is 0 Å². The van der Waals surface area contributed by atoms with E-state index in [0.29, 0.717) is 6.04 Å². The Morgan fingerprint density at radius 3 is 2.27 bits per heavy atom. The zero-order valence-corrected chi connectivity index (χ0v) is 6.95. The summed E-state index contributed by atoms with van der Waals surface area (Å²) in [5, 5.41) is 0. The van der Waals surface area contributed by atoms with Crippen molar-refractivity contribution in [2.45, 2.75) is 43.8 Å². The minimum atomic E-state index is 0.337. The lowest BCUT2D eigenvalue weighted by molar-refractivity contribution is 0.173. The smallest absolute Gasteiger partial charge is 0.226 e. The van der Waals surface area contributed by atoms with Crippen molar-refractivity contribution in [3.63, 3.8) is 0 Å². The van der Waals surface area contributed by atoms with Crippen LogP contribution >= 0.6 is 0 Å². The van der Waals surface area contributed by atoms with Crippen LogP contribution in [-0.4, -0.2) is 30.1 Å². The van der Waals surface area contributed by atoms with Crippen molar-refractivity contribution in [1.82, 2.24) is 4.90 Å². The normalized spacial score (nSPS) is 43.8. The monoisotopic (exact) mass is 150 g/mol. The molecule has 0 aromatic carbocycles. The molecule has 0 N–H and O–H groups in total. The molecule has 2 heterocycles. The number of hydrogen-bond donors (Lipinski definition) is 0. The molecule has 0 saturated carbocycles. The second kappa shape index (κ2) is 2.49. The molecule has 2 heteroatoms. The molecule has 2 bridgehead atoms. The fourth-order valence-corrected chi connectivity index (χ4v) is 2.49. The Hall–Kier alpha value is -0.550. The van der Waals surface area contributed by atoms with E-state index in [-0.39, 0.29) is 0 Å². The van der Waals surface area contributed by atoms with Crippen molar-refractivity contribution in [2.75, 3.05) is 7.05 Å². The highest BCUT2D eigenvalue weighted by atomic mass is 15.2. The van der Waals surface area contributed by atoms with Crippen LogP contribution in [-0.2, 0) is 0 Å². The summed E-state index contributed by atoms with van der Waals surface area (Å²) < 4.78 is 0. The van der Waals surface area contributed by atoms with E-state index in [1.165, 1.54) is 12.8 Å². The Bertz CT molecular complexity index is 180. The van der Waals surface area contributed by atoms with Gasteiger partial charge in [-0.05, 0) is 19.9 Å². The van der Waals surface area contributed by atoms with Gasteiger partial charge in [0.05, 0.1) is 0 Å². The van der Waals surface area contributed by atoms with Gasteiger partial charge in [-0.15, -0.1) is 0 Å². The van der Waals surface area contributed by atoms with Crippen LogP contribution in [0.5, 0.6) is 0 Å². The maximum Gasteiger partial charge on any atom is 0.226 e. The van der Waals surface area contributed by atoms with Gasteiger partial charge in [-0.1, -0.05) is 0 Å². The van der Waals surface area contributed by atoms with Crippen LogP contribution in [0.15, 0.2) is 0 Å². The van der Waals surface area contributed by atoms with Crippen LogP contribution in [0.2, 0.25) is 0 Å². The summed E-state index contributed by atoms with van der Waals surface area (Å²) in [4.78, 5) is 6.12. The molecule has 0 amide bonds. The van der Waals surface area contributed by atoms with Gasteiger partial charge in [-0.3, -0.25) is 4.90 Å². The standard InChI is InChI=1S/C9H14N2/c1-10-7-5-8-3-4-9(6-7)11(8)2/h7-9H,3-6H2,2H3. The Kier molecular flexibility index (Phi) is 1.61. The minimum Gasteiger partial charge on any atom is -0.314 e. The third-order valence-electron chi connectivity index (χ3n) is 3.26. The summed E-state index contributed by atoms with van der Waals surface area (Å²) in [5.41, 5.74) is 0. The average Bonchev–Trinajstić information content (AvgIpc) is 2.26. The lowest BCUT2D eigenvalue weighted by Gasteiger charge is -2.31. The van der Waals surface area contributed by atoms with Crippen LogP contribution in [0.4, 0.5) is 0 Å². The summed E-state index contributed by atoms with van der Waals surface area (Å²) in [6, 6.07) is 1.80. The van der Waals surface area contributed by atoms with Crippen molar-refractivity contribution in [3.8, 4) is 0 Å². The first kappa shape index (κ1) is 7.12. The third kappa shape index (κ3) is 1.04. The van der Waals surface area contributed by atoms with Gasteiger partial charge >= 0.3 is 0 Å².